The normalized spacial score (nSPS) is 20.5. The first-order chi connectivity index (χ1) is 7.20. The minimum absolute atomic E-state index is 0.158. The lowest BCUT2D eigenvalue weighted by Crippen LogP contribution is -2.14. The minimum atomic E-state index is -0.273. The van der Waals surface area contributed by atoms with Gasteiger partial charge in [0.25, 0.3) is 5.69 Å². The molecule has 1 aromatic rings. The highest BCUT2D eigenvalue weighted by atomic mass is 16.6. The van der Waals surface area contributed by atoms with Gasteiger partial charge in [0, 0.05) is 17.2 Å². The zero-order chi connectivity index (χ0) is 10.8. The van der Waals surface area contributed by atoms with Gasteiger partial charge in [0.15, 0.2) is 0 Å². The Kier molecular flexibility index (Phi) is 2.68. The summed E-state index contributed by atoms with van der Waals surface area (Å²) < 4.78 is 0. The van der Waals surface area contributed by atoms with E-state index in [1.165, 1.54) is 0 Å². The van der Waals surface area contributed by atoms with Crippen LogP contribution >= 0.6 is 0 Å². The molecule has 4 heteroatoms. The average molecular weight is 206 g/mol. The molecule has 80 valence electrons. The number of nitro benzene ring substituents is 1. The maximum Gasteiger partial charge on any atom is 0.277 e. The van der Waals surface area contributed by atoms with E-state index in [2.05, 4.69) is 5.32 Å². The van der Waals surface area contributed by atoms with Gasteiger partial charge in [0.05, 0.1) is 4.92 Å². The van der Waals surface area contributed by atoms with E-state index in [-0.39, 0.29) is 16.7 Å². The largest absolute Gasteiger partial charge is 0.310 e. The standard InChI is InChI=1S/C11H14N2O2/c1-8-4-2-5-9(11(8)13(14)15)10-6-3-7-12-10/h2,4-5,10,12H,3,6-7H2,1H3/t10-/m1/s1. The lowest BCUT2D eigenvalue weighted by Gasteiger charge is -2.11. The molecule has 1 aliphatic heterocycles. The number of hydrogen-bond acceptors (Lipinski definition) is 3. The third-order valence-corrected chi connectivity index (χ3v) is 2.89. The van der Waals surface area contributed by atoms with Crippen molar-refractivity contribution in [2.75, 3.05) is 6.54 Å². The highest BCUT2D eigenvalue weighted by Gasteiger charge is 2.25. The molecule has 0 aromatic heterocycles. The van der Waals surface area contributed by atoms with E-state index in [4.69, 9.17) is 0 Å². The van der Waals surface area contributed by atoms with E-state index in [0.29, 0.717) is 0 Å². The van der Waals surface area contributed by atoms with Crippen LogP contribution in [0.5, 0.6) is 0 Å². The van der Waals surface area contributed by atoms with Gasteiger partial charge in [0.2, 0.25) is 0 Å². The molecule has 0 radical (unpaired) electrons. The lowest BCUT2D eigenvalue weighted by atomic mass is 10.0. The molecule has 0 unspecified atom stereocenters. The molecule has 1 saturated heterocycles. The second-order valence-electron chi connectivity index (χ2n) is 3.92. The maximum atomic E-state index is 11.0. The Morgan fingerprint density at radius 2 is 2.33 bits per heavy atom. The number of hydrogen-bond donors (Lipinski definition) is 1. The van der Waals surface area contributed by atoms with Gasteiger partial charge in [-0.2, -0.15) is 0 Å². The summed E-state index contributed by atoms with van der Waals surface area (Å²) >= 11 is 0. The van der Waals surface area contributed by atoms with Crippen LogP contribution in [0.1, 0.15) is 30.0 Å². The summed E-state index contributed by atoms with van der Waals surface area (Å²) in [6.07, 6.45) is 2.08. The van der Waals surface area contributed by atoms with Crippen molar-refractivity contribution in [2.24, 2.45) is 0 Å². The van der Waals surface area contributed by atoms with Crippen LogP contribution in [0.3, 0.4) is 0 Å². The summed E-state index contributed by atoms with van der Waals surface area (Å²) in [5.41, 5.74) is 1.85. The molecule has 1 atom stereocenters. The molecule has 1 aliphatic rings. The van der Waals surface area contributed by atoms with Crippen LogP contribution in [-0.4, -0.2) is 11.5 Å². The van der Waals surface area contributed by atoms with Crippen molar-refractivity contribution in [1.82, 2.24) is 5.32 Å². The smallest absolute Gasteiger partial charge is 0.277 e. The number of aryl methyl sites for hydroxylation is 1. The fraction of sp³-hybridized carbons (Fsp3) is 0.455. The Balaban J connectivity index is 2.45. The van der Waals surface area contributed by atoms with Crippen molar-refractivity contribution in [3.63, 3.8) is 0 Å². The molecule has 2 rings (SSSR count). The molecule has 4 nitrogen and oxygen atoms in total. The van der Waals surface area contributed by atoms with Crippen molar-refractivity contribution in [1.29, 1.82) is 0 Å². The Bertz CT molecular complexity index is 384. The fourth-order valence-electron chi connectivity index (χ4n) is 2.16. The van der Waals surface area contributed by atoms with Crippen molar-refractivity contribution < 1.29 is 4.92 Å². The number of nitrogens with zero attached hydrogens (tertiary/aromatic N) is 1. The minimum Gasteiger partial charge on any atom is -0.310 e. The molecule has 0 spiro atoms. The monoisotopic (exact) mass is 206 g/mol. The van der Waals surface area contributed by atoms with Crippen LogP contribution in [-0.2, 0) is 0 Å². The van der Waals surface area contributed by atoms with Crippen LogP contribution in [0.15, 0.2) is 18.2 Å². The highest BCUT2D eigenvalue weighted by molar-refractivity contribution is 5.48. The van der Waals surface area contributed by atoms with Gasteiger partial charge >= 0.3 is 0 Å². The zero-order valence-corrected chi connectivity index (χ0v) is 8.69. The zero-order valence-electron chi connectivity index (χ0n) is 8.69. The molecule has 0 bridgehead atoms. The molecule has 1 fully saturated rings. The van der Waals surface area contributed by atoms with E-state index in [9.17, 15) is 10.1 Å². The molecular weight excluding hydrogens is 192 g/mol. The molecule has 1 heterocycles. The summed E-state index contributed by atoms with van der Waals surface area (Å²) in [5.74, 6) is 0. The molecule has 1 aromatic carbocycles. The fourth-order valence-corrected chi connectivity index (χ4v) is 2.16. The van der Waals surface area contributed by atoms with Gasteiger partial charge in [-0.05, 0) is 26.3 Å². The van der Waals surface area contributed by atoms with Crippen molar-refractivity contribution in [3.05, 3.63) is 39.4 Å². The quantitative estimate of drug-likeness (QED) is 0.596. The molecule has 0 aliphatic carbocycles. The van der Waals surface area contributed by atoms with Crippen LogP contribution in [0.25, 0.3) is 0 Å². The number of para-hydroxylation sites is 1. The molecule has 15 heavy (non-hydrogen) atoms. The Labute approximate surface area is 88.5 Å². The first kappa shape index (κ1) is 10.1. The predicted molar refractivity (Wildman–Crippen MR) is 57.8 cm³/mol. The summed E-state index contributed by atoms with van der Waals surface area (Å²) in [5, 5.41) is 14.3. The number of nitrogens with one attached hydrogen (secondary N) is 1. The van der Waals surface area contributed by atoms with Gasteiger partial charge in [-0.15, -0.1) is 0 Å². The van der Waals surface area contributed by atoms with Gasteiger partial charge < -0.3 is 5.32 Å². The van der Waals surface area contributed by atoms with E-state index < -0.39 is 0 Å². The Hall–Kier alpha value is -1.42. The van der Waals surface area contributed by atoms with Gasteiger partial charge in [0.1, 0.15) is 0 Å². The molecule has 0 amide bonds. The lowest BCUT2D eigenvalue weighted by molar-refractivity contribution is -0.386. The van der Waals surface area contributed by atoms with Crippen LogP contribution < -0.4 is 5.32 Å². The first-order valence-corrected chi connectivity index (χ1v) is 5.17. The van der Waals surface area contributed by atoms with Crippen LogP contribution in [0.2, 0.25) is 0 Å². The third kappa shape index (κ3) is 1.85. The topological polar surface area (TPSA) is 55.2 Å². The van der Waals surface area contributed by atoms with E-state index in [1.807, 2.05) is 12.1 Å². The molecular formula is C11H14N2O2. The number of benzene rings is 1. The van der Waals surface area contributed by atoms with Gasteiger partial charge in [-0.25, -0.2) is 0 Å². The summed E-state index contributed by atoms with van der Waals surface area (Å²) in [6.45, 7) is 2.74. The third-order valence-electron chi connectivity index (χ3n) is 2.89. The van der Waals surface area contributed by atoms with Crippen molar-refractivity contribution >= 4 is 5.69 Å². The van der Waals surface area contributed by atoms with Crippen molar-refractivity contribution in [3.8, 4) is 0 Å². The average Bonchev–Trinajstić information content (AvgIpc) is 2.69. The second kappa shape index (κ2) is 3.98. The molecule has 1 N–H and O–H groups in total. The summed E-state index contributed by atoms with van der Waals surface area (Å²) in [7, 11) is 0. The summed E-state index contributed by atoms with van der Waals surface area (Å²) in [6, 6.07) is 5.69. The van der Waals surface area contributed by atoms with E-state index >= 15 is 0 Å². The van der Waals surface area contributed by atoms with E-state index in [0.717, 1.165) is 30.5 Å². The summed E-state index contributed by atoms with van der Waals surface area (Å²) in [4.78, 5) is 10.7. The highest BCUT2D eigenvalue weighted by Crippen LogP contribution is 2.32. The van der Waals surface area contributed by atoms with E-state index in [1.54, 1.807) is 13.0 Å². The SMILES string of the molecule is Cc1cccc([C@H]2CCCN2)c1[N+](=O)[O-]. The van der Waals surface area contributed by atoms with Crippen molar-refractivity contribution in [2.45, 2.75) is 25.8 Å². The number of rotatable bonds is 2. The second-order valence-corrected chi connectivity index (χ2v) is 3.92. The van der Waals surface area contributed by atoms with Gasteiger partial charge in [-0.3, -0.25) is 10.1 Å². The maximum absolute atomic E-state index is 11.0. The van der Waals surface area contributed by atoms with Crippen LogP contribution in [0, 0.1) is 17.0 Å². The van der Waals surface area contributed by atoms with Crippen LogP contribution in [0.4, 0.5) is 5.69 Å². The first-order valence-electron chi connectivity index (χ1n) is 5.17. The van der Waals surface area contributed by atoms with Gasteiger partial charge in [-0.1, -0.05) is 18.2 Å². The predicted octanol–water partition coefficient (Wildman–Crippen LogP) is 2.33. The number of nitro groups is 1. The Morgan fingerprint density at radius 3 is 2.93 bits per heavy atom. The Morgan fingerprint density at radius 1 is 1.53 bits per heavy atom. The molecule has 0 saturated carbocycles.